The van der Waals surface area contributed by atoms with Gasteiger partial charge in [-0.1, -0.05) is 6.07 Å². The maximum Gasteiger partial charge on any atom is 0.172 e. The molecule has 0 amide bonds. The highest BCUT2D eigenvalue weighted by molar-refractivity contribution is 7.12. The second-order valence-electron chi connectivity index (χ2n) is 4.23. The topological polar surface area (TPSA) is 39.2 Å². The van der Waals surface area contributed by atoms with Crippen molar-refractivity contribution in [2.75, 3.05) is 13.2 Å². The maximum atomic E-state index is 11.7. The molecule has 0 aromatic carbocycles. The summed E-state index contributed by atoms with van der Waals surface area (Å²) < 4.78 is 5.56. The first-order valence-electron chi connectivity index (χ1n) is 6.31. The Hall–Kier alpha value is -1.04. The smallest absolute Gasteiger partial charge is 0.172 e. The number of nitrogens with zero attached hydrogens (tertiary/aromatic N) is 1. The van der Waals surface area contributed by atoms with Gasteiger partial charge in [-0.15, -0.1) is 22.7 Å². The van der Waals surface area contributed by atoms with E-state index in [1.54, 1.807) is 11.3 Å². The minimum Gasteiger partial charge on any atom is -0.381 e. The fraction of sp³-hybridized carbons (Fsp3) is 0.429. The van der Waals surface area contributed by atoms with Crippen LogP contribution in [-0.4, -0.2) is 24.0 Å². The van der Waals surface area contributed by atoms with Crippen molar-refractivity contribution in [3.05, 3.63) is 38.5 Å². The summed E-state index contributed by atoms with van der Waals surface area (Å²) in [7, 11) is 0. The zero-order valence-corrected chi connectivity index (χ0v) is 12.6. The molecule has 2 heterocycles. The van der Waals surface area contributed by atoms with E-state index >= 15 is 0 Å². The number of Topliss-reactive ketones (excluding diaryl/α,β-unsaturated/α-hetero) is 1. The maximum absolute atomic E-state index is 11.7. The number of ketones is 1. The molecule has 0 bridgehead atoms. The normalized spacial score (nSPS) is 10.8. The molecule has 0 aliphatic carbocycles. The summed E-state index contributed by atoms with van der Waals surface area (Å²) >= 11 is 3.18. The van der Waals surface area contributed by atoms with Gasteiger partial charge in [0.15, 0.2) is 5.78 Å². The number of thiophene rings is 1. The summed E-state index contributed by atoms with van der Waals surface area (Å²) in [6.45, 7) is 3.37. The van der Waals surface area contributed by atoms with Gasteiger partial charge in [0.05, 0.1) is 22.7 Å². The van der Waals surface area contributed by atoms with Crippen LogP contribution < -0.4 is 0 Å². The first kappa shape index (κ1) is 14.4. The van der Waals surface area contributed by atoms with Gasteiger partial charge < -0.3 is 4.74 Å². The third kappa shape index (κ3) is 4.53. The number of aromatic nitrogens is 1. The first-order chi connectivity index (χ1) is 9.27. The molecule has 0 unspecified atom stereocenters. The molecule has 0 saturated carbocycles. The lowest BCUT2D eigenvalue weighted by molar-refractivity contribution is 0.0944. The molecule has 0 spiro atoms. The average Bonchev–Trinajstić information content (AvgIpc) is 3.05. The van der Waals surface area contributed by atoms with E-state index in [1.165, 1.54) is 16.2 Å². The Morgan fingerprint density at radius 3 is 2.95 bits per heavy atom. The van der Waals surface area contributed by atoms with Crippen LogP contribution >= 0.6 is 22.7 Å². The largest absolute Gasteiger partial charge is 0.381 e. The molecule has 0 fully saturated rings. The number of ether oxygens (including phenoxy) is 1. The van der Waals surface area contributed by atoms with Gasteiger partial charge in [-0.05, 0) is 24.8 Å². The standard InChI is InChI=1S/C14H17NO2S2/c1-11-13(19-10-15-11)6-8-17-7-2-4-12(16)14-5-3-9-18-14/h3,5,9-10H,2,4,6-8H2,1H3. The minimum absolute atomic E-state index is 0.219. The molecule has 0 aliphatic rings. The van der Waals surface area contributed by atoms with Gasteiger partial charge in [0.2, 0.25) is 0 Å². The number of aryl methyl sites for hydroxylation is 1. The number of hydrogen-bond donors (Lipinski definition) is 0. The van der Waals surface area contributed by atoms with E-state index in [0.29, 0.717) is 19.6 Å². The van der Waals surface area contributed by atoms with Crippen molar-refractivity contribution in [3.8, 4) is 0 Å². The first-order valence-corrected chi connectivity index (χ1v) is 8.06. The third-order valence-corrected chi connectivity index (χ3v) is 4.71. The molecule has 0 radical (unpaired) electrons. The molecule has 2 aromatic rings. The average molecular weight is 295 g/mol. The van der Waals surface area contributed by atoms with E-state index in [4.69, 9.17) is 4.74 Å². The van der Waals surface area contributed by atoms with Crippen molar-refractivity contribution in [2.45, 2.75) is 26.2 Å². The van der Waals surface area contributed by atoms with Crippen molar-refractivity contribution in [3.63, 3.8) is 0 Å². The highest BCUT2D eigenvalue weighted by Crippen LogP contribution is 2.13. The summed E-state index contributed by atoms with van der Waals surface area (Å²) in [6, 6.07) is 3.78. The van der Waals surface area contributed by atoms with Crippen LogP contribution in [0.2, 0.25) is 0 Å². The Morgan fingerprint density at radius 1 is 1.37 bits per heavy atom. The predicted molar refractivity (Wildman–Crippen MR) is 79.3 cm³/mol. The molecule has 0 N–H and O–H groups in total. The summed E-state index contributed by atoms with van der Waals surface area (Å²) in [4.78, 5) is 18.1. The molecule has 3 nitrogen and oxygen atoms in total. The highest BCUT2D eigenvalue weighted by atomic mass is 32.1. The molecular formula is C14H17NO2S2. The van der Waals surface area contributed by atoms with Gasteiger partial charge in [0, 0.05) is 24.3 Å². The van der Waals surface area contributed by atoms with Gasteiger partial charge in [0.1, 0.15) is 0 Å². The van der Waals surface area contributed by atoms with E-state index in [-0.39, 0.29) is 5.78 Å². The van der Waals surface area contributed by atoms with Crippen LogP contribution in [0.5, 0.6) is 0 Å². The quantitative estimate of drug-likeness (QED) is 0.550. The van der Waals surface area contributed by atoms with Gasteiger partial charge >= 0.3 is 0 Å². The molecule has 2 rings (SSSR count). The van der Waals surface area contributed by atoms with E-state index < -0.39 is 0 Å². The summed E-state index contributed by atoms with van der Waals surface area (Å²) in [5, 5.41) is 1.93. The SMILES string of the molecule is Cc1ncsc1CCOCCCC(=O)c1cccs1. The van der Waals surface area contributed by atoms with Crippen LogP contribution in [0.3, 0.4) is 0 Å². The lowest BCUT2D eigenvalue weighted by Gasteiger charge is -2.03. The Kier molecular flexibility index (Phi) is 5.69. The van der Waals surface area contributed by atoms with Crippen LogP contribution in [0, 0.1) is 6.92 Å². The van der Waals surface area contributed by atoms with Gasteiger partial charge in [-0.2, -0.15) is 0 Å². The third-order valence-electron chi connectivity index (χ3n) is 2.81. The number of carbonyl (C=O) groups excluding carboxylic acids is 1. The monoisotopic (exact) mass is 295 g/mol. The van der Waals surface area contributed by atoms with E-state index in [0.717, 1.165) is 23.4 Å². The Labute approximate surface area is 121 Å². The number of rotatable bonds is 8. The van der Waals surface area contributed by atoms with Crippen molar-refractivity contribution in [1.29, 1.82) is 0 Å². The lowest BCUT2D eigenvalue weighted by Crippen LogP contribution is -2.03. The second kappa shape index (κ2) is 7.53. The fourth-order valence-electron chi connectivity index (χ4n) is 1.73. The van der Waals surface area contributed by atoms with Crippen LogP contribution in [0.4, 0.5) is 0 Å². The van der Waals surface area contributed by atoms with Crippen LogP contribution in [0.15, 0.2) is 23.0 Å². The Morgan fingerprint density at radius 2 is 2.26 bits per heavy atom. The number of carbonyl (C=O) groups is 1. The number of hydrogen-bond acceptors (Lipinski definition) is 5. The van der Waals surface area contributed by atoms with Gasteiger partial charge in [0.25, 0.3) is 0 Å². The molecule has 2 aromatic heterocycles. The molecule has 5 heteroatoms. The van der Waals surface area contributed by atoms with Crippen LogP contribution in [-0.2, 0) is 11.2 Å². The lowest BCUT2D eigenvalue weighted by atomic mass is 10.2. The van der Waals surface area contributed by atoms with Gasteiger partial charge in [-0.25, -0.2) is 4.98 Å². The highest BCUT2D eigenvalue weighted by Gasteiger charge is 2.06. The summed E-state index contributed by atoms with van der Waals surface area (Å²) in [5.74, 6) is 0.219. The second-order valence-corrected chi connectivity index (χ2v) is 6.11. The zero-order chi connectivity index (χ0) is 13.5. The van der Waals surface area contributed by atoms with E-state index in [2.05, 4.69) is 4.98 Å². The van der Waals surface area contributed by atoms with Crippen molar-refractivity contribution in [1.82, 2.24) is 4.98 Å². The van der Waals surface area contributed by atoms with Crippen LogP contribution in [0.1, 0.15) is 33.1 Å². The molecule has 0 aliphatic heterocycles. The fourth-order valence-corrected chi connectivity index (χ4v) is 3.19. The van der Waals surface area contributed by atoms with E-state index in [9.17, 15) is 4.79 Å². The Balaban J connectivity index is 1.55. The summed E-state index contributed by atoms with van der Waals surface area (Å²) in [6.07, 6.45) is 2.27. The minimum atomic E-state index is 0.219. The molecule has 0 saturated heterocycles. The number of thiazole rings is 1. The predicted octanol–water partition coefficient (Wildman–Crippen LogP) is 3.74. The zero-order valence-electron chi connectivity index (χ0n) is 10.9. The van der Waals surface area contributed by atoms with Crippen molar-refractivity contribution < 1.29 is 9.53 Å². The van der Waals surface area contributed by atoms with Crippen LogP contribution in [0.25, 0.3) is 0 Å². The van der Waals surface area contributed by atoms with Crippen molar-refractivity contribution in [2.24, 2.45) is 0 Å². The Bertz CT molecular complexity index is 505. The van der Waals surface area contributed by atoms with Gasteiger partial charge in [-0.3, -0.25) is 4.79 Å². The van der Waals surface area contributed by atoms with E-state index in [1.807, 2.05) is 29.9 Å². The molecular weight excluding hydrogens is 278 g/mol. The summed E-state index contributed by atoms with van der Waals surface area (Å²) in [5.41, 5.74) is 2.96. The van der Waals surface area contributed by atoms with Crippen molar-refractivity contribution >= 4 is 28.5 Å². The molecule has 0 atom stereocenters. The molecule has 19 heavy (non-hydrogen) atoms. The molecule has 102 valence electrons.